The van der Waals surface area contributed by atoms with Gasteiger partial charge in [-0.05, 0) is 59.7 Å². The van der Waals surface area contributed by atoms with Gasteiger partial charge in [-0.25, -0.2) is 4.79 Å². The number of rotatable bonds is 12. The summed E-state index contributed by atoms with van der Waals surface area (Å²) in [6.45, 7) is 11.3. The molecule has 0 aliphatic heterocycles. The molecule has 0 saturated heterocycles. The van der Waals surface area contributed by atoms with Gasteiger partial charge in [0.1, 0.15) is 23.8 Å². The molecule has 0 bridgehead atoms. The number of anilines is 2. The third-order valence-corrected chi connectivity index (χ3v) is 7.36. The maximum absolute atomic E-state index is 13.9. The fraction of sp³-hybridized carbons (Fsp3) is 0.343. The number of carbonyl (C=O) groups excluding carboxylic acids is 1. The highest BCUT2D eigenvalue weighted by Gasteiger charge is 2.21. The smallest absolute Gasteiger partial charge is 0.323 e. The third kappa shape index (κ3) is 7.63. The van der Waals surface area contributed by atoms with E-state index in [0.29, 0.717) is 29.2 Å². The highest BCUT2D eigenvalue weighted by molar-refractivity contribution is 6.03. The lowest BCUT2D eigenvalue weighted by atomic mass is 9.93. The van der Waals surface area contributed by atoms with Crippen LogP contribution in [0.3, 0.4) is 0 Å². The van der Waals surface area contributed by atoms with Crippen LogP contribution >= 0.6 is 0 Å². The summed E-state index contributed by atoms with van der Waals surface area (Å²) in [6.07, 6.45) is 7.00. The average Bonchev–Trinajstić information content (AvgIpc) is 3.00. The molecule has 2 aromatic carbocycles. The van der Waals surface area contributed by atoms with E-state index < -0.39 is 6.03 Å². The zero-order valence-corrected chi connectivity index (χ0v) is 25.9. The molecule has 8 heteroatoms. The summed E-state index contributed by atoms with van der Waals surface area (Å²) in [7, 11) is 1.59. The predicted octanol–water partition coefficient (Wildman–Crippen LogP) is 8.19. The normalized spacial score (nSPS) is 11.1. The molecular formula is C35H42N4O4. The molecule has 226 valence electrons. The number of hydrogen-bond acceptors (Lipinski definition) is 5. The SMILES string of the molecule is CCCCn1ccc(-c2cc(OC)ccc2OCc2cccnc2)c(NC(=O)Nc2c(C(C)C)cccc2C(C)C)c1=O. The number of urea groups is 1. The standard InChI is InChI=1S/C35H42N4O4/c1-7-8-18-39-19-16-29(30-20-26(42-6)14-15-31(30)43-22-25-11-10-17-36-21-25)33(34(39)40)38-35(41)37-32-27(23(2)3)12-9-13-28(32)24(4)5/h9-17,19-21,23-24H,7-8,18,22H2,1-6H3,(H2,37,38,41). The van der Waals surface area contributed by atoms with Crippen LogP contribution in [0.2, 0.25) is 0 Å². The Bertz CT molecular complexity index is 1570. The molecule has 0 radical (unpaired) electrons. The summed E-state index contributed by atoms with van der Waals surface area (Å²) in [5.74, 6) is 1.54. The quantitative estimate of drug-likeness (QED) is 0.176. The molecule has 2 amide bonds. The molecule has 0 saturated carbocycles. The number of amides is 2. The van der Waals surface area contributed by atoms with Gasteiger partial charge in [0.25, 0.3) is 5.56 Å². The first-order valence-corrected chi connectivity index (χ1v) is 14.9. The molecular weight excluding hydrogens is 540 g/mol. The Morgan fingerprint density at radius 1 is 0.930 bits per heavy atom. The van der Waals surface area contributed by atoms with Crippen LogP contribution in [0.5, 0.6) is 11.5 Å². The summed E-state index contributed by atoms with van der Waals surface area (Å²) < 4.78 is 13.4. The van der Waals surface area contributed by atoms with Crippen molar-refractivity contribution in [3.8, 4) is 22.6 Å². The van der Waals surface area contributed by atoms with E-state index in [4.69, 9.17) is 9.47 Å². The van der Waals surface area contributed by atoms with E-state index in [1.807, 2.05) is 48.5 Å². The topological polar surface area (TPSA) is 94.5 Å². The molecule has 2 heterocycles. The van der Waals surface area contributed by atoms with Crippen LogP contribution in [0.25, 0.3) is 11.1 Å². The monoisotopic (exact) mass is 582 g/mol. The Hall–Kier alpha value is -4.59. The van der Waals surface area contributed by atoms with Crippen LogP contribution in [-0.2, 0) is 13.2 Å². The highest BCUT2D eigenvalue weighted by atomic mass is 16.5. The Morgan fingerprint density at radius 2 is 1.65 bits per heavy atom. The van der Waals surface area contributed by atoms with Gasteiger partial charge in [-0.2, -0.15) is 0 Å². The van der Waals surface area contributed by atoms with Crippen molar-refractivity contribution in [2.24, 2.45) is 0 Å². The van der Waals surface area contributed by atoms with Crippen molar-refractivity contribution in [3.63, 3.8) is 0 Å². The summed E-state index contributed by atoms with van der Waals surface area (Å²) >= 11 is 0. The zero-order valence-electron chi connectivity index (χ0n) is 25.9. The van der Waals surface area contributed by atoms with E-state index in [2.05, 4.69) is 50.2 Å². The first-order valence-electron chi connectivity index (χ1n) is 14.9. The Balaban J connectivity index is 1.78. The Morgan fingerprint density at radius 3 is 2.28 bits per heavy atom. The van der Waals surface area contributed by atoms with Crippen LogP contribution in [0, 0.1) is 0 Å². The summed E-state index contributed by atoms with van der Waals surface area (Å²) in [5, 5.41) is 6.01. The van der Waals surface area contributed by atoms with Gasteiger partial charge in [-0.1, -0.05) is 65.3 Å². The van der Waals surface area contributed by atoms with Crippen LogP contribution in [0.1, 0.15) is 76.0 Å². The molecule has 0 aliphatic rings. The van der Waals surface area contributed by atoms with Gasteiger partial charge >= 0.3 is 6.03 Å². The molecule has 0 atom stereocenters. The van der Waals surface area contributed by atoms with E-state index in [9.17, 15) is 9.59 Å². The Labute approximate surface area is 254 Å². The molecule has 4 rings (SSSR count). The summed E-state index contributed by atoms with van der Waals surface area (Å²) in [5.41, 5.74) is 4.80. The molecule has 0 unspecified atom stereocenters. The van der Waals surface area contributed by atoms with Gasteiger partial charge in [0, 0.05) is 47.5 Å². The van der Waals surface area contributed by atoms with Gasteiger partial charge in [0.2, 0.25) is 0 Å². The second-order valence-corrected chi connectivity index (χ2v) is 11.2. The van der Waals surface area contributed by atoms with E-state index >= 15 is 0 Å². The number of aryl methyl sites for hydroxylation is 1. The molecule has 8 nitrogen and oxygen atoms in total. The lowest BCUT2D eigenvalue weighted by Crippen LogP contribution is -2.29. The van der Waals surface area contributed by atoms with Gasteiger partial charge in [-0.3, -0.25) is 9.78 Å². The number of aromatic nitrogens is 2. The number of benzene rings is 2. The molecule has 43 heavy (non-hydrogen) atoms. The average molecular weight is 583 g/mol. The van der Waals surface area contributed by atoms with Crippen molar-refractivity contribution in [2.45, 2.75) is 72.4 Å². The summed E-state index contributed by atoms with van der Waals surface area (Å²) in [6, 6.07) is 16.7. The minimum Gasteiger partial charge on any atom is -0.497 e. The lowest BCUT2D eigenvalue weighted by molar-refractivity contribution is 0.262. The van der Waals surface area contributed by atoms with Gasteiger partial charge < -0.3 is 24.7 Å². The van der Waals surface area contributed by atoms with E-state index in [0.717, 1.165) is 35.2 Å². The number of carbonyl (C=O) groups is 1. The zero-order chi connectivity index (χ0) is 30.9. The maximum Gasteiger partial charge on any atom is 0.323 e. The Kier molecular flexibility index (Phi) is 10.6. The van der Waals surface area contributed by atoms with Crippen molar-refractivity contribution < 1.29 is 14.3 Å². The molecule has 2 N–H and O–H groups in total. The second kappa shape index (κ2) is 14.5. The minimum absolute atomic E-state index is 0.170. The van der Waals surface area contributed by atoms with Gasteiger partial charge in [-0.15, -0.1) is 0 Å². The molecule has 0 aliphatic carbocycles. The van der Waals surface area contributed by atoms with E-state index in [-0.39, 0.29) is 29.7 Å². The van der Waals surface area contributed by atoms with Crippen molar-refractivity contribution in [1.29, 1.82) is 0 Å². The molecule has 0 fully saturated rings. The largest absolute Gasteiger partial charge is 0.497 e. The third-order valence-electron chi connectivity index (χ3n) is 7.36. The van der Waals surface area contributed by atoms with E-state index in [1.165, 1.54) is 0 Å². The number of ether oxygens (including phenoxy) is 2. The van der Waals surface area contributed by atoms with Gasteiger partial charge in [0.05, 0.1) is 7.11 Å². The number of hydrogen-bond donors (Lipinski definition) is 2. The summed E-state index contributed by atoms with van der Waals surface area (Å²) in [4.78, 5) is 31.7. The van der Waals surface area contributed by atoms with Crippen LogP contribution in [0.4, 0.5) is 16.2 Å². The number of nitrogens with zero attached hydrogens (tertiary/aromatic N) is 2. The molecule has 0 spiro atoms. The van der Waals surface area contributed by atoms with Crippen molar-refractivity contribution in [3.05, 3.63) is 100 Å². The molecule has 4 aromatic rings. The van der Waals surface area contributed by atoms with Crippen LogP contribution in [-0.4, -0.2) is 22.7 Å². The fourth-order valence-corrected chi connectivity index (χ4v) is 4.99. The lowest BCUT2D eigenvalue weighted by Gasteiger charge is -2.21. The number of methoxy groups -OCH3 is 1. The number of nitrogens with one attached hydrogen (secondary N) is 2. The van der Waals surface area contributed by atoms with Crippen molar-refractivity contribution >= 4 is 17.4 Å². The highest BCUT2D eigenvalue weighted by Crippen LogP contribution is 2.37. The van der Waals surface area contributed by atoms with Crippen LogP contribution < -0.4 is 25.7 Å². The van der Waals surface area contributed by atoms with Crippen molar-refractivity contribution in [2.75, 3.05) is 17.7 Å². The van der Waals surface area contributed by atoms with Gasteiger partial charge in [0.15, 0.2) is 0 Å². The molecule has 2 aromatic heterocycles. The minimum atomic E-state index is -0.484. The van der Waals surface area contributed by atoms with Crippen LogP contribution in [0.15, 0.2) is 78.0 Å². The fourth-order valence-electron chi connectivity index (χ4n) is 4.99. The number of unbranched alkanes of at least 4 members (excludes halogenated alkanes) is 1. The van der Waals surface area contributed by atoms with E-state index in [1.54, 1.807) is 36.3 Å². The number of pyridine rings is 2. The number of para-hydroxylation sites is 1. The first-order chi connectivity index (χ1) is 20.7. The predicted molar refractivity (Wildman–Crippen MR) is 173 cm³/mol. The maximum atomic E-state index is 13.9. The first kappa shape index (κ1) is 31.3. The second-order valence-electron chi connectivity index (χ2n) is 11.2. The van der Waals surface area contributed by atoms with Crippen molar-refractivity contribution in [1.82, 2.24) is 9.55 Å².